The fourth-order valence-electron chi connectivity index (χ4n) is 4.18. The number of pyridine rings is 1. The van der Waals surface area contributed by atoms with E-state index in [4.69, 9.17) is 4.98 Å². The molecule has 0 unspecified atom stereocenters. The first-order valence-electron chi connectivity index (χ1n) is 10.8. The minimum atomic E-state index is -0.0233. The van der Waals surface area contributed by atoms with E-state index in [0.717, 1.165) is 54.2 Å². The van der Waals surface area contributed by atoms with Crippen molar-refractivity contribution in [1.29, 1.82) is 0 Å². The number of hydrogen-bond donors (Lipinski definition) is 2. The highest BCUT2D eigenvalue weighted by molar-refractivity contribution is 5.78. The predicted octanol–water partition coefficient (Wildman–Crippen LogP) is 3.32. The molecule has 5 rings (SSSR count). The van der Waals surface area contributed by atoms with Crippen molar-refractivity contribution in [2.24, 2.45) is 0 Å². The zero-order chi connectivity index (χ0) is 22.1. The molecule has 0 amide bonds. The summed E-state index contributed by atoms with van der Waals surface area (Å²) in [6.45, 7) is 5.85. The van der Waals surface area contributed by atoms with Crippen LogP contribution in [0.3, 0.4) is 0 Å². The Morgan fingerprint density at radius 3 is 2.53 bits per heavy atom. The predicted molar refractivity (Wildman–Crippen MR) is 126 cm³/mol. The normalized spacial score (nSPS) is 14.7. The van der Waals surface area contributed by atoms with Gasteiger partial charge in [-0.3, -0.25) is 9.69 Å². The highest BCUT2D eigenvalue weighted by Gasteiger charge is 2.20. The number of anilines is 1. The lowest BCUT2D eigenvalue weighted by Gasteiger charge is -2.35. The number of H-pyrrole nitrogens is 1. The van der Waals surface area contributed by atoms with Crippen molar-refractivity contribution in [2.75, 3.05) is 31.1 Å². The summed E-state index contributed by atoms with van der Waals surface area (Å²) < 4.78 is 0. The average Bonchev–Trinajstić information content (AvgIpc) is 2.80. The van der Waals surface area contributed by atoms with Gasteiger partial charge in [0.15, 0.2) is 5.82 Å². The van der Waals surface area contributed by atoms with Crippen molar-refractivity contribution < 1.29 is 5.11 Å². The summed E-state index contributed by atoms with van der Waals surface area (Å²) in [4.78, 5) is 29.3. The third-order valence-corrected chi connectivity index (χ3v) is 5.91. The Balaban J connectivity index is 1.31. The Morgan fingerprint density at radius 1 is 0.969 bits per heavy atom. The minimum absolute atomic E-state index is 0.0233. The fourth-order valence-corrected chi connectivity index (χ4v) is 4.18. The number of hydrogen-bond acceptors (Lipinski definition) is 6. The van der Waals surface area contributed by atoms with Crippen LogP contribution >= 0.6 is 0 Å². The molecule has 3 heterocycles. The van der Waals surface area contributed by atoms with Crippen LogP contribution in [-0.2, 0) is 6.54 Å². The summed E-state index contributed by atoms with van der Waals surface area (Å²) >= 11 is 0. The second kappa shape index (κ2) is 8.43. The summed E-state index contributed by atoms with van der Waals surface area (Å²) in [5.74, 6) is 1.57. The zero-order valence-electron chi connectivity index (χ0n) is 18.0. The van der Waals surface area contributed by atoms with Gasteiger partial charge in [0.05, 0.1) is 5.56 Å². The number of phenols is 1. The summed E-state index contributed by atoms with van der Waals surface area (Å²) in [6.07, 6.45) is 0. The van der Waals surface area contributed by atoms with Gasteiger partial charge in [-0.05, 0) is 36.6 Å². The summed E-state index contributed by atoms with van der Waals surface area (Å²) in [5, 5.41) is 11.2. The summed E-state index contributed by atoms with van der Waals surface area (Å²) in [6, 6.07) is 19.0. The van der Waals surface area contributed by atoms with Crippen molar-refractivity contribution in [3.05, 3.63) is 82.3 Å². The number of fused-ring (bicyclic) bond motifs is 1. The molecule has 0 spiro atoms. The zero-order valence-corrected chi connectivity index (χ0v) is 18.0. The number of benzene rings is 2. The Morgan fingerprint density at radius 2 is 1.72 bits per heavy atom. The number of aromatic nitrogens is 3. The van der Waals surface area contributed by atoms with Crippen molar-refractivity contribution >= 4 is 16.7 Å². The molecule has 1 aliphatic heterocycles. The molecule has 4 aromatic rings. The van der Waals surface area contributed by atoms with Crippen LogP contribution in [-0.4, -0.2) is 51.1 Å². The Bertz CT molecular complexity index is 1330. The third kappa shape index (κ3) is 4.07. The van der Waals surface area contributed by atoms with E-state index < -0.39 is 0 Å². The van der Waals surface area contributed by atoms with E-state index in [1.165, 1.54) is 0 Å². The number of para-hydroxylation sites is 2. The number of nitrogens with zero attached hydrogens (tertiary/aromatic N) is 4. The van der Waals surface area contributed by atoms with Gasteiger partial charge in [-0.2, -0.15) is 0 Å². The van der Waals surface area contributed by atoms with Crippen molar-refractivity contribution in [2.45, 2.75) is 13.5 Å². The molecular weight excluding hydrogens is 402 g/mol. The van der Waals surface area contributed by atoms with E-state index in [9.17, 15) is 9.90 Å². The van der Waals surface area contributed by atoms with Crippen LogP contribution in [0.15, 0.2) is 65.5 Å². The Hall–Kier alpha value is -3.71. The molecule has 7 heteroatoms. The van der Waals surface area contributed by atoms with Gasteiger partial charge in [0.25, 0.3) is 5.56 Å². The number of rotatable bonds is 4. The van der Waals surface area contributed by atoms with Gasteiger partial charge in [0.2, 0.25) is 0 Å². The molecule has 0 aliphatic carbocycles. The number of aryl methyl sites for hydroxylation is 1. The van der Waals surface area contributed by atoms with Crippen molar-refractivity contribution in [1.82, 2.24) is 19.9 Å². The first-order chi connectivity index (χ1) is 15.6. The van der Waals surface area contributed by atoms with Gasteiger partial charge in [-0.1, -0.05) is 30.3 Å². The maximum atomic E-state index is 12.5. The van der Waals surface area contributed by atoms with E-state index >= 15 is 0 Å². The molecule has 0 radical (unpaired) electrons. The van der Waals surface area contributed by atoms with Gasteiger partial charge in [-0.25, -0.2) is 9.97 Å². The SMILES string of the molecule is Cc1cc(N2CCN(Cc3cc4ccccc4[nH]c3=O)CC2)nc(-c2ccccc2O)n1. The largest absolute Gasteiger partial charge is 0.507 e. The molecule has 0 bridgehead atoms. The average molecular weight is 428 g/mol. The summed E-state index contributed by atoms with van der Waals surface area (Å²) in [5.41, 5.74) is 3.12. The number of aromatic amines is 1. The lowest BCUT2D eigenvalue weighted by molar-refractivity contribution is 0.248. The number of aromatic hydroxyl groups is 1. The lowest BCUT2D eigenvalue weighted by Crippen LogP contribution is -2.46. The fraction of sp³-hybridized carbons (Fsp3) is 0.240. The standard InChI is InChI=1S/C25H25N5O2/c1-17-14-23(28-24(26-17)20-7-3-5-9-22(20)31)30-12-10-29(11-13-30)16-19-15-18-6-2-4-8-21(18)27-25(19)32/h2-9,14-15,31H,10-13,16H2,1H3,(H,27,32). The van der Waals surface area contributed by atoms with Crippen LogP contribution < -0.4 is 10.5 Å². The van der Waals surface area contributed by atoms with Gasteiger partial charge in [0.1, 0.15) is 11.6 Å². The quantitative estimate of drug-likeness (QED) is 0.520. The van der Waals surface area contributed by atoms with Gasteiger partial charge in [-0.15, -0.1) is 0 Å². The highest BCUT2D eigenvalue weighted by atomic mass is 16.3. The second-order valence-corrected chi connectivity index (χ2v) is 8.18. The second-order valence-electron chi connectivity index (χ2n) is 8.18. The lowest BCUT2D eigenvalue weighted by atomic mass is 10.1. The monoisotopic (exact) mass is 427 g/mol. The molecule has 162 valence electrons. The number of piperazine rings is 1. The van der Waals surface area contributed by atoms with Crippen LogP contribution in [0.2, 0.25) is 0 Å². The molecule has 0 saturated carbocycles. The van der Waals surface area contributed by atoms with Crippen LogP contribution in [0.25, 0.3) is 22.3 Å². The maximum absolute atomic E-state index is 12.5. The van der Waals surface area contributed by atoms with Crippen LogP contribution in [0.5, 0.6) is 5.75 Å². The molecule has 2 N–H and O–H groups in total. The first-order valence-corrected chi connectivity index (χ1v) is 10.8. The number of phenolic OH excluding ortho intramolecular Hbond substituents is 1. The molecule has 2 aromatic carbocycles. The molecule has 0 atom stereocenters. The van der Waals surface area contributed by atoms with E-state index in [1.807, 2.05) is 55.5 Å². The first kappa shape index (κ1) is 20.2. The van der Waals surface area contributed by atoms with Gasteiger partial charge in [0, 0.05) is 55.6 Å². The molecular formula is C25H25N5O2. The smallest absolute Gasteiger partial charge is 0.252 e. The molecule has 32 heavy (non-hydrogen) atoms. The van der Waals surface area contributed by atoms with Crippen LogP contribution in [0, 0.1) is 6.92 Å². The topological polar surface area (TPSA) is 85.4 Å². The Kier molecular flexibility index (Phi) is 5.33. The molecule has 1 aliphatic rings. The molecule has 1 fully saturated rings. The van der Waals surface area contributed by atoms with E-state index in [0.29, 0.717) is 17.9 Å². The van der Waals surface area contributed by atoms with Gasteiger partial charge < -0.3 is 15.0 Å². The highest BCUT2D eigenvalue weighted by Crippen LogP contribution is 2.28. The molecule has 2 aromatic heterocycles. The summed E-state index contributed by atoms with van der Waals surface area (Å²) in [7, 11) is 0. The van der Waals surface area contributed by atoms with E-state index in [2.05, 4.69) is 19.8 Å². The third-order valence-electron chi connectivity index (χ3n) is 5.91. The van der Waals surface area contributed by atoms with Crippen LogP contribution in [0.4, 0.5) is 5.82 Å². The molecule has 7 nitrogen and oxygen atoms in total. The maximum Gasteiger partial charge on any atom is 0.252 e. The Labute approximate surface area is 186 Å². The van der Waals surface area contributed by atoms with Crippen molar-refractivity contribution in [3.8, 4) is 17.1 Å². The molecule has 1 saturated heterocycles. The number of nitrogens with one attached hydrogen (secondary N) is 1. The van der Waals surface area contributed by atoms with Crippen LogP contribution in [0.1, 0.15) is 11.3 Å². The van der Waals surface area contributed by atoms with Gasteiger partial charge >= 0.3 is 0 Å². The van der Waals surface area contributed by atoms with Crippen molar-refractivity contribution in [3.63, 3.8) is 0 Å². The van der Waals surface area contributed by atoms with E-state index in [-0.39, 0.29) is 11.3 Å². The van der Waals surface area contributed by atoms with E-state index in [1.54, 1.807) is 12.1 Å². The minimum Gasteiger partial charge on any atom is -0.507 e.